The quantitative estimate of drug-likeness (QED) is 0.737. The zero-order valence-corrected chi connectivity index (χ0v) is 14.5. The Morgan fingerprint density at radius 2 is 1.96 bits per heavy atom. The number of hydrogen-bond donors (Lipinski definition) is 1. The fraction of sp³-hybridized carbons (Fsp3) is 0.389. The van der Waals surface area contributed by atoms with E-state index in [0.717, 1.165) is 24.2 Å². The van der Waals surface area contributed by atoms with Gasteiger partial charge in [0.2, 0.25) is 11.7 Å². The Balaban J connectivity index is 1.34. The molecule has 8 heteroatoms. The van der Waals surface area contributed by atoms with Crippen LogP contribution < -0.4 is 5.32 Å². The summed E-state index contributed by atoms with van der Waals surface area (Å²) in [6.45, 7) is 0.378. The fourth-order valence-corrected chi connectivity index (χ4v) is 3.30. The highest BCUT2D eigenvalue weighted by molar-refractivity contribution is 5.89. The third-order valence-electron chi connectivity index (χ3n) is 4.63. The molecule has 3 aromatic rings. The molecule has 1 amide bonds. The topological polar surface area (TPSA) is 90.5 Å². The summed E-state index contributed by atoms with van der Waals surface area (Å²) in [5, 5.41) is 19.7. The zero-order valence-electron chi connectivity index (χ0n) is 14.5. The third kappa shape index (κ3) is 3.63. The number of carbonyl (C=O) groups is 1. The minimum absolute atomic E-state index is 0.0803. The van der Waals surface area contributed by atoms with Gasteiger partial charge in [-0.1, -0.05) is 43.2 Å². The highest BCUT2D eigenvalue weighted by Gasteiger charge is 2.20. The van der Waals surface area contributed by atoms with E-state index in [1.165, 1.54) is 17.6 Å². The molecule has 0 aliphatic heterocycles. The highest BCUT2D eigenvalue weighted by atomic mass is 16.1. The van der Waals surface area contributed by atoms with Crippen LogP contribution in [-0.4, -0.2) is 35.9 Å². The summed E-state index contributed by atoms with van der Waals surface area (Å²) in [6.07, 6.45) is 6.70. The van der Waals surface area contributed by atoms with Crippen molar-refractivity contribution < 1.29 is 4.79 Å². The van der Waals surface area contributed by atoms with Gasteiger partial charge in [0.1, 0.15) is 5.82 Å². The number of anilines is 1. The van der Waals surface area contributed by atoms with Gasteiger partial charge in [-0.15, -0.1) is 10.2 Å². The first kappa shape index (κ1) is 16.4. The molecule has 0 radical (unpaired) electrons. The molecule has 1 aromatic carbocycles. The molecule has 0 unspecified atom stereocenters. The SMILES string of the molecule is O=C(CCn1nnc(-c2ccccc2)n1)Nc1ccnn1C1CCCC1. The number of aryl methyl sites for hydroxylation is 1. The van der Waals surface area contributed by atoms with Crippen LogP contribution in [0.4, 0.5) is 5.82 Å². The lowest BCUT2D eigenvalue weighted by Gasteiger charge is -2.14. The first-order chi connectivity index (χ1) is 12.8. The van der Waals surface area contributed by atoms with Gasteiger partial charge < -0.3 is 5.32 Å². The van der Waals surface area contributed by atoms with E-state index >= 15 is 0 Å². The summed E-state index contributed by atoms with van der Waals surface area (Å²) in [5.41, 5.74) is 0.906. The second kappa shape index (κ2) is 7.47. The van der Waals surface area contributed by atoms with Crippen molar-refractivity contribution in [3.63, 3.8) is 0 Å². The molecule has 134 valence electrons. The Bertz CT molecular complexity index is 865. The van der Waals surface area contributed by atoms with Crippen LogP contribution in [0.3, 0.4) is 0 Å². The summed E-state index contributed by atoms with van der Waals surface area (Å²) >= 11 is 0. The van der Waals surface area contributed by atoms with Crippen LogP contribution in [0.15, 0.2) is 42.6 Å². The molecule has 0 spiro atoms. The third-order valence-corrected chi connectivity index (χ3v) is 4.63. The standard InChI is InChI=1S/C18H21N7O/c26-17(20-16-10-12-19-25(16)15-8-4-5-9-15)11-13-24-22-18(21-23-24)14-6-2-1-3-7-14/h1-3,6-7,10,12,15H,4-5,8-9,11,13H2,(H,20,26). The smallest absolute Gasteiger partial charge is 0.227 e. The summed E-state index contributed by atoms with van der Waals surface area (Å²) in [4.78, 5) is 13.7. The number of aromatic nitrogens is 6. The molecule has 26 heavy (non-hydrogen) atoms. The molecule has 0 atom stereocenters. The Hall–Kier alpha value is -3.03. The largest absolute Gasteiger partial charge is 0.311 e. The summed E-state index contributed by atoms with van der Waals surface area (Å²) in [7, 11) is 0. The highest BCUT2D eigenvalue weighted by Crippen LogP contribution is 2.31. The maximum absolute atomic E-state index is 12.3. The molecule has 2 aromatic heterocycles. The monoisotopic (exact) mass is 351 g/mol. The van der Waals surface area contributed by atoms with Crippen molar-refractivity contribution >= 4 is 11.7 Å². The van der Waals surface area contributed by atoms with Gasteiger partial charge in [-0.25, -0.2) is 4.68 Å². The van der Waals surface area contributed by atoms with Gasteiger partial charge in [0.25, 0.3) is 0 Å². The zero-order chi connectivity index (χ0) is 17.8. The molecule has 8 nitrogen and oxygen atoms in total. The van der Waals surface area contributed by atoms with Crippen LogP contribution in [-0.2, 0) is 11.3 Å². The lowest BCUT2D eigenvalue weighted by atomic mass is 10.2. The molecule has 1 aliphatic carbocycles. The molecule has 1 N–H and O–H groups in total. The van der Waals surface area contributed by atoms with Gasteiger partial charge in [-0.2, -0.15) is 9.90 Å². The van der Waals surface area contributed by atoms with Crippen LogP contribution in [0, 0.1) is 0 Å². The van der Waals surface area contributed by atoms with E-state index in [1.54, 1.807) is 6.20 Å². The fourth-order valence-electron chi connectivity index (χ4n) is 3.30. The summed E-state index contributed by atoms with van der Waals surface area (Å²) < 4.78 is 1.94. The average Bonchev–Trinajstić information content (AvgIpc) is 3.42. The molecule has 0 bridgehead atoms. The molecular weight excluding hydrogens is 330 g/mol. The molecule has 4 rings (SSSR count). The normalized spacial score (nSPS) is 14.6. The predicted molar refractivity (Wildman–Crippen MR) is 96.2 cm³/mol. The van der Waals surface area contributed by atoms with Crippen LogP contribution in [0.5, 0.6) is 0 Å². The van der Waals surface area contributed by atoms with Gasteiger partial charge in [0, 0.05) is 18.1 Å². The van der Waals surface area contributed by atoms with Crippen LogP contribution >= 0.6 is 0 Å². The van der Waals surface area contributed by atoms with Crippen molar-refractivity contribution in [3.05, 3.63) is 42.6 Å². The van der Waals surface area contributed by atoms with Crippen molar-refractivity contribution in [2.24, 2.45) is 0 Å². The van der Waals surface area contributed by atoms with Gasteiger partial charge in [0.15, 0.2) is 0 Å². The summed E-state index contributed by atoms with van der Waals surface area (Å²) in [6, 6.07) is 11.9. The van der Waals surface area contributed by atoms with Crippen molar-refractivity contribution in [2.45, 2.75) is 44.7 Å². The van der Waals surface area contributed by atoms with E-state index in [9.17, 15) is 4.79 Å². The number of benzene rings is 1. The molecular formula is C18H21N7O. The van der Waals surface area contributed by atoms with Gasteiger partial charge in [0.05, 0.1) is 18.8 Å². The average molecular weight is 351 g/mol. The van der Waals surface area contributed by atoms with E-state index in [4.69, 9.17) is 0 Å². The molecule has 2 heterocycles. The second-order valence-electron chi connectivity index (χ2n) is 6.47. The van der Waals surface area contributed by atoms with E-state index in [2.05, 4.69) is 25.8 Å². The Morgan fingerprint density at radius 3 is 2.77 bits per heavy atom. The number of nitrogens with zero attached hydrogens (tertiary/aromatic N) is 6. The van der Waals surface area contributed by atoms with Crippen molar-refractivity contribution in [2.75, 3.05) is 5.32 Å². The van der Waals surface area contributed by atoms with Crippen molar-refractivity contribution in [3.8, 4) is 11.4 Å². The maximum atomic E-state index is 12.3. The van der Waals surface area contributed by atoms with Crippen LogP contribution in [0.2, 0.25) is 0 Å². The van der Waals surface area contributed by atoms with Crippen LogP contribution in [0.25, 0.3) is 11.4 Å². The van der Waals surface area contributed by atoms with E-state index in [-0.39, 0.29) is 12.3 Å². The molecule has 1 aliphatic rings. The number of tetrazole rings is 1. The maximum Gasteiger partial charge on any atom is 0.227 e. The number of carbonyl (C=O) groups excluding carboxylic acids is 1. The number of nitrogens with one attached hydrogen (secondary N) is 1. The van der Waals surface area contributed by atoms with Crippen LogP contribution in [0.1, 0.15) is 38.1 Å². The van der Waals surface area contributed by atoms with Gasteiger partial charge in [-0.05, 0) is 18.1 Å². The molecule has 1 fully saturated rings. The van der Waals surface area contributed by atoms with Crippen molar-refractivity contribution in [1.82, 2.24) is 30.0 Å². The Morgan fingerprint density at radius 1 is 1.15 bits per heavy atom. The number of rotatable bonds is 6. The minimum Gasteiger partial charge on any atom is -0.311 e. The predicted octanol–water partition coefficient (Wildman–Crippen LogP) is 2.68. The van der Waals surface area contributed by atoms with E-state index < -0.39 is 0 Å². The molecule has 1 saturated carbocycles. The number of amides is 1. The first-order valence-corrected chi connectivity index (χ1v) is 8.96. The van der Waals surface area contributed by atoms with Gasteiger partial charge >= 0.3 is 0 Å². The van der Waals surface area contributed by atoms with E-state index in [1.807, 2.05) is 41.1 Å². The van der Waals surface area contributed by atoms with Gasteiger partial charge in [-0.3, -0.25) is 4.79 Å². The second-order valence-corrected chi connectivity index (χ2v) is 6.47. The Labute approximate surface area is 151 Å². The number of hydrogen-bond acceptors (Lipinski definition) is 5. The van der Waals surface area contributed by atoms with Crippen molar-refractivity contribution in [1.29, 1.82) is 0 Å². The lowest BCUT2D eigenvalue weighted by molar-refractivity contribution is -0.116. The minimum atomic E-state index is -0.0803. The Kier molecular flexibility index (Phi) is 4.72. The first-order valence-electron chi connectivity index (χ1n) is 8.96. The van der Waals surface area contributed by atoms with E-state index in [0.29, 0.717) is 18.4 Å². The molecule has 0 saturated heterocycles. The summed E-state index contributed by atoms with van der Waals surface area (Å²) in [5.74, 6) is 1.24. The lowest BCUT2D eigenvalue weighted by Crippen LogP contribution is -2.19.